The average molecular weight is 472 g/mol. The van der Waals surface area contributed by atoms with Crippen molar-refractivity contribution in [2.24, 2.45) is 0 Å². The smallest absolute Gasteiger partial charge is 0.269 e. The molecular formula is C24H29N3O5S. The van der Waals surface area contributed by atoms with Gasteiger partial charge in [0.25, 0.3) is 15.9 Å². The minimum absolute atomic E-state index is 0.0482. The van der Waals surface area contributed by atoms with Gasteiger partial charge in [-0.15, -0.1) is 0 Å². The number of nitrogens with one attached hydrogen (secondary N) is 1. The summed E-state index contributed by atoms with van der Waals surface area (Å²) in [4.78, 5) is 40.1. The van der Waals surface area contributed by atoms with Crippen LogP contribution in [-0.4, -0.2) is 54.5 Å². The van der Waals surface area contributed by atoms with E-state index < -0.39 is 27.9 Å². The van der Waals surface area contributed by atoms with Gasteiger partial charge in [0.15, 0.2) is 0 Å². The molecule has 1 atom stereocenters. The third kappa shape index (κ3) is 4.93. The molecule has 1 aliphatic heterocycles. The second kappa shape index (κ2) is 10.2. The van der Waals surface area contributed by atoms with Gasteiger partial charge in [-0.3, -0.25) is 14.4 Å². The molecule has 1 aliphatic rings. The summed E-state index contributed by atoms with van der Waals surface area (Å²) >= 11 is 0. The van der Waals surface area contributed by atoms with E-state index >= 15 is 0 Å². The van der Waals surface area contributed by atoms with E-state index in [0.29, 0.717) is 13.0 Å². The number of rotatable bonds is 9. The van der Waals surface area contributed by atoms with Crippen molar-refractivity contribution < 1.29 is 22.8 Å². The first-order valence-electron chi connectivity index (χ1n) is 11.0. The van der Waals surface area contributed by atoms with Crippen molar-refractivity contribution in [2.45, 2.75) is 51.1 Å². The maximum atomic E-state index is 13.3. The first kappa shape index (κ1) is 24.4. The fraction of sp³-hybridized carbons (Fsp3) is 0.375. The van der Waals surface area contributed by atoms with Crippen LogP contribution in [0.2, 0.25) is 0 Å². The maximum Gasteiger partial charge on any atom is 0.269 e. The Balaban J connectivity index is 1.84. The van der Waals surface area contributed by atoms with Gasteiger partial charge in [-0.25, -0.2) is 12.7 Å². The number of aryl methyl sites for hydroxylation is 1. The zero-order valence-electron chi connectivity index (χ0n) is 19.1. The van der Waals surface area contributed by atoms with E-state index in [9.17, 15) is 22.8 Å². The fourth-order valence-corrected chi connectivity index (χ4v) is 5.55. The number of sulfonamides is 1. The second-order valence-corrected chi connectivity index (χ2v) is 9.73. The number of amides is 3. The third-order valence-electron chi connectivity index (χ3n) is 5.78. The van der Waals surface area contributed by atoms with Gasteiger partial charge in [-0.1, -0.05) is 43.3 Å². The molecule has 0 spiro atoms. The lowest BCUT2D eigenvalue weighted by Crippen LogP contribution is -2.49. The number of hydrogen-bond donors (Lipinski definition) is 1. The lowest BCUT2D eigenvalue weighted by atomic mass is 10.1. The minimum Gasteiger partial charge on any atom is -0.355 e. The number of nitrogens with zero attached hydrogens (tertiary/aromatic N) is 2. The molecule has 0 unspecified atom stereocenters. The van der Waals surface area contributed by atoms with Gasteiger partial charge < -0.3 is 10.2 Å². The van der Waals surface area contributed by atoms with Crippen molar-refractivity contribution in [1.29, 1.82) is 0 Å². The Morgan fingerprint density at radius 2 is 1.73 bits per heavy atom. The van der Waals surface area contributed by atoms with Crippen molar-refractivity contribution >= 4 is 27.7 Å². The summed E-state index contributed by atoms with van der Waals surface area (Å²) in [6.45, 7) is 5.91. The number of fused-ring (bicyclic) bond motifs is 1. The van der Waals surface area contributed by atoms with Crippen LogP contribution >= 0.6 is 0 Å². The average Bonchev–Trinajstić information content (AvgIpc) is 2.99. The monoisotopic (exact) mass is 471 g/mol. The highest BCUT2D eigenvalue weighted by atomic mass is 32.2. The predicted octanol–water partition coefficient (Wildman–Crippen LogP) is 2.47. The molecule has 0 saturated heterocycles. The molecule has 0 bridgehead atoms. The van der Waals surface area contributed by atoms with Crippen molar-refractivity contribution in [3.05, 3.63) is 65.2 Å². The Labute approximate surface area is 194 Å². The predicted molar refractivity (Wildman–Crippen MR) is 124 cm³/mol. The Kier molecular flexibility index (Phi) is 7.53. The highest BCUT2D eigenvalue weighted by Gasteiger charge is 2.41. The number of likely N-dealkylation sites (N-methyl/N-ethyl adjacent to an activating group) is 1. The SMILES string of the molecule is CCNC(=O)[C@@H](CC)N(Cc1ccccc1C)C(=O)CCN1C(=O)c2ccccc2S1(=O)=O. The molecule has 3 rings (SSSR count). The van der Waals surface area contributed by atoms with E-state index in [4.69, 9.17) is 0 Å². The van der Waals surface area contributed by atoms with Crippen LogP contribution in [0.25, 0.3) is 0 Å². The lowest BCUT2D eigenvalue weighted by Gasteiger charge is -2.31. The third-order valence-corrected chi connectivity index (χ3v) is 7.62. The number of carbonyl (C=O) groups excluding carboxylic acids is 3. The molecular weight excluding hydrogens is 442 g/mol. The minimum atomic E-state index is -4.00. The molecule has 0 aromatic heterocycles. The van der Waals surface area contributed by atoms with E-state index in [-0.39, 0.29) is 35.9 Å². The zero-order valence-corrected chi connectivity index (χ0v) is 19.9. The van der Waals surface area contributed by atoms with Gasteiger partial charge in [0, 0.05) is 26.1 Å². The number of benzene rings is 2. The van der Waals surface area contributed by atoms with Gasteiger partial charge in [-0.05, 0) is 43.5 Å². The molecule has 3 amide bonds. The molecule has 1 heterocycles. The van der Waals surface area contributed by atoms with Gasteiger partial charge in [0.2, 0.25) is 11.8 Å². The van der Waals surface area contributed by atoms with E-state index in [1.165, 1.54) is 17.0 Å². The van der Waals surface area contributed by atoms with Gasteiger partial charge in [0.05, 0.1) is 5.56 Å². The summed E-state index contributed by atoms with van der Waals surface area (Å²) in [5.74, 6) is -1.30. The standard InChI is InChI=1S/C24H29N3O5S/c1-4-20(23(29)25-5-2)26(16-18-11-7-6-10-17(18)3)22(28)14-15-27-24(30)19-12-8-9-13-21(19)33(27,31)32/h6-13,20H,4-5,14-16H2,1-3H3,(H,25,29)/t20-/m1/s1. The maximum absolute atomic E-state index is 13.3. The highest BCUT2D eigenvalue weighted by Crippen LogP contribution is 2.30. The van der Waals surface area contributed by atoms with E-state index in [1.54, 1.807) is 19.1 Å². The topological polar surface area (TPSA) is 104 Å². The van der Waals surface area contributed by atoms with Gasteiger partial charge >= 0.3 is 0 Å². The number of hydrogen-bond acceptors (Lipinski definition) is 5. The van der Waals surface area contributed by atoms with Crippen LogP contribution in [0.5, 0.6) is 0 Å². The van der Waals surface area contributed by atoms with Crippen LogP contribution in [0.15, 0.2) is 53.4 Å². The summed E-state index contributed by atoms with van der Waals surface area (Å²) in [7, 11) is -4.00. The van der Waals surface area contributed by atoms with Crippen LogP contribution in [-0.2, 0) is 26.2 Å². The van der Waals surface area contributed by atoms with Gasteiger partial charge in [-0.2, -0.15) is 0 Å². The highest BCUT2D eigenvalue weighted by molar-refractivity contribution is 7.90. The van der Waals surface area contributed by atoms with E-state index in [2.05, 4.69) is 5.32 Å². The lowest BCUT2D eigenvalue weighted by molar-refractivity contribution is -0.141. The molecule has 0 saturated carbocycles. The molecule has 0 fully saturated rings. The summed E-state index contributed by atoms with van der Waals surface area (Å²) in [6.07, 6.45) is 0.177. The molecule has 8 nitrogen and oxygen atoms in total. The molecule has 9 heteroatoms. The first-order chi connectivity index (χ1) is 15.7. The van der Waals surface area contributed by atoms with E-state index in [1.807, 2.05) is 38.1 Å². The van der Waals surface area contributed by atoms with Crippen LogP contribution in [0, 0.1) is 6.92 Å². The Morgan fingerprint density at radius 3 is 2.36 bits per heavy atom. The van der Waals surface area contributed by atoms with Crippen LogP contribution in [0.3, 0.4) is 0 Å². The summed E-state index contributed by atoms with van der Waals surface area (Å²) < 4.78 is 26.4. The first-order valence-corrected chi connectivity index (χ1v) is 12.4. The zero-order chi connectivity index (χ0) is 24.2. The molecule has 0 aliphatic carbocycles. The summed E-state index contributed by atoms with van der Waals surface area (Å²) in [5, 5.41) is 2.77. The second-order valence-electron chi connectivity index (χ2n) is 7.90. The van der Waals surface area contributed by atoms with Gasteiger partial charge in [0.1, 0.15) is 10.9 Å². The Bertz CT molecular complexity index is 1160. The molecule has 2 aromatic carbocycles. The van der Waals surface area contributed by atoms with Crippen LogP contribution in [0.1, 0.15) is 48.2 Å². The molecule has 176 valence electrons. The largest absolute Gasteiger partial charge is 0.355 e. The quantitative estimate of drug-likeness (QED) is 0.605. The van der Waals surface area contributed by atoms with Crippen LogP contribution in [0.4, 0.5) is 0 Å². The summed E-state index contributed by atoms with van der Waals surface area (Å²) in [5.41, 5.74) is 1.98. The molecule has 0 radical (unpaired) electrons. The van der Waals surface area contributed by atoms with Crippen molar-refractivity contribution in [1.82, 2.24) is 14.5 Å². The molecule has 2 aromatic rings. The molecule has 1 N–H and O–H groups in total. The normalized spacial score (nSPS) is 15.1. The van der Waals surface area contributed by atoms with E-state index in [0.717, 1.165) is 15.4 Å². The number of carbonyl (C=O) groups is 3. The van der Waals surface area contributed by atoms with Crippen molar-refractivity contribution in [3.8, 4) is 0 Å². The van der Waals surface area contributed by atoms with Crippen molar-refractivity contribution in [2.75, 3.05) is 13.1 Å². The fourth-order valence-electron chi connectivity index (χ4n) is 3.98. The Morgan fingerprint density at radius 1 is 1.06 bits per heavy atom. The Hall–Kier alpha value is -3.20. The molecule has 33 heavy (non-hydrogen) atoms. The van der Waals surface area contributed by atoms with Crippen LogP contribution < -0.4 is 5.32 Å². The van der Waals surface area contributed by atoms with Crippen molar-refractivity contribution in [3.63, 3.8) is 0 Å². The summed E-state index contributed by atoms with van der Waals surface area (Å²) in [6, 6.07) is 12.9.